The molecule has 0 spiro atoms. The summed E-state index contributed by atoms with van der Waals surface area (Å²) in [5.74, 6) is 0.502. The zero-order valence-electron chi connectivity index (χ0n) is 10.9. The summed E-state index contributed by atoms with van der Waals surface area (Å²) in [6, 6.07) is 0. The van der Waals surface area contributed by atoms with Gasteiger partial charge in [-0.1, -0.05) is 56.4 Å². The molecule has 0 atom stereocenters. The molecule has 88 valence electrons. The van der Waals surface area contributed by atoms with Gasteiger partial charge in [0.15, 0.2) is 0 Å². The second-order valence-corrected chi connectivity index (χ2v) is 3.98. The van der Waals surface area contributed by atoms with Crippen molar-refractivity contribution < 1.29 is 0 Å². The van der Waals surface area contributed by atoms with Gasteiger partial charge in [-0.15, -0.1) is 0 Å². The molecule has 0 amide bonds. The maximum absolute atomic E-state index is 4.39. The van der Waals surface area contributed by atoms with Crippen LogP contribution in [0.3, 0.4) is 0 Å². The summed E-state index contributed by atoms with van der Waals surface area (Å²) in [6.45, 7) is 13.0. The molecule has 0 fully saturated rings. The summed E-state index contributed by atoms with van der Waals surface area (Å²) in [5, 5.41) is 0. The summed E-state index contributed by atoms with van der Waals surface area (Å²) in [7, 11) is 0. The molecule has 1 nitrogen and oxygen atoms in total. The van der Waals surface area contributed by atoms with Crippen LogP contribution in [0, 0.1) is 5.92 Å². The first-order valence-electron chi connectivity index (χ1n) is 5.75. The molecule has 0 aromatic heterocycles. The van der Waals surface area contributed by atoms with Gasteiger partial charge >= 0.3 is 0 Å². The average molecular weight is 217 g/mol. The average Bonchev–Trinajstić information content (AvgIpc) is 2.25. The number of nitrogens with zero attached hydrogens (tertiary/aromatic N) is 1. The van der Waals surface area contributed by atoms with E-state index in [1.165, 1.54) is 5.57 Å². The van der Waals surface area contributed by atoms with Gasteiger partial charge in [-0.25, -0.2) is 0 Å². The summed E-state index contributed by atoms with van der Waals surface area (Å²) in [6.07, 6.45) is 12.0. The van der Waals surface area contributed by atoms with Crippen LogP contribution in [-0.4, -0.2) is 12.8 Å². The molecule has 16 heavy (non-hydrogen) atoms. The SMILES string of the molecule is C=C(CN=CC(/C=C\C)=C/C=C\C)C(C)C. The van der Waals surface area contributed by atoms with Gasteiger partial charge < -0.3 is 0 Å². The van der Waals surface area contributed by atoms with Gasteiger partial charge in [0.05, 0.1) is 6.54 Å². The van der Waals surface area contributed by atoms with Crippen LogP contribution in [0.2, 0.25) is 0 Å². The van der Waals surface area contributed by atoms with E-state index in [4.69, 9.17) is 0 Å². The number of hydrogen-bond acceptors (Lipinski definition) is 1. The second kappa shape index (κ2) is 8.90. The summed E-state index contributed by atoms with van der Waals surface area (Å²) >= 11 is 0. The molecule has 0 aliphatic rings. The number of hydrogen-bond donors (Lipinski definition) is 0. The summed E-state index contributed by atoms with van der Waals surface area (Å²) in [5.41, 5.74) is 2.28. The molecule has 0 rings (SSSR count). The van der Waals surface area contributed by atoms with E-state index >= 15 is 0 Å². The minimum absolute atomic E-state index is 0.502. The maximum atomic E-state index is 4.39. The second-order valence-electron chi connectivity index (χ2n) is 3.98. The van der Waals surface area contributed by atoms with Crippen molar-refractivity contribution in [3.63, 3.8) is 0 Å². The minimum atomic E-state index is 0.502. The fourth-order valence-electron chi connectivity index (χ4n) is 0.992. The highest BCUT2D eigenvalue weighted by molar-refractivity contribution is 5.82. The third-order valence-corrected chi connectivity index (χ3v) is 2.19. The van der Waals surface area contributed by atoms with Gasteiger partial charge in [0.25, 0.3) is 0 Å². The Kier molecular flexibility index (Phi) is 8.14. The normalized spacial score (nSPS) is 13.7. The van der Waals surface area contributed by atoms with Crippen molar-refractivity contribution in [3.8, 4) is 0 Å². The fraction of sp³-hybridized carbons (Fsp3) is 0.400. The van der Waals surface area contributed by atoms with Crippen molar-refractivity contribution in [2.45, 2.75) is 27.7 Å². The van der Waals surface area contributed by atoms with E-state index in [-0.39, 0.29) is 0 Å². The van der Waals surface area contributed by atoms with E-state index in [2.05, 4.69) is 25.4 Å². The summed E-state index contributed by atoms with van der Waals surface area (Å²) in [4.78, 5) is 4.39. The zero-order chi connectivity index (χ0) is 12.4. The van der Waals surface area contributed by atoms with Crippen LogP contribution in [0.1, 0.15) is 27.7 Å². The molecule has 0 aliphatic heterocycles. The Labute approximate surface area is 100.0 Å². The van der Waals surface area contributed by atoms with Crippen LogP contribution in [0.15, 0.2) is 53.1 Å². The predicted molar refractivity (Wildman–Crippen MR) is 75.0 cm³/mol. The summed E-state index contributed by atoms with van der Waals surface area (Å²) < 4.78 is 0. The highest BCUT2D eigenvalue weighted by Crippen LogP contribution is 2.06. The van der Waals surface area contributed by atoms with Gasteiger partial charge in [-0.05, 0) is 25.3 Å². The fourth-order valence-corrected chi connectivity index (χ4v) is 0.992. The molecular weight excluding hydrogens is 194 g/mol. The monoisotopic (exact) mass is 217 g/mol. The molecule has 1 heteroatoms. The molecule has 0 radical (unpaired) electrons. The smallest absolute Gasteiger partial charge is 0.0599 e. The molecule has 0 aromatic carbocycles. The minimum Gasteiger partial charge on any atom is -0.288 e. The first-order chi connectivity index (χ1) is 7.61. The van der Waals surface area contributed by atoms with Crippen LogP contribution in [-0.2, 0) is 0 Å². The van der Waals surface area contributed by atoms with Crippen molar-refractivity contribution in [2.24, 2.45) is 10.9 Å². The Morgan fingerprint density at radius 3 is 2.44 bits per heavy atom. The molecule has 0 unspecified atom stereocenters. The lowest BCUT2D eigenvalue weighted by Gasteiger charge is -2.04. The van der Waals surface area contributed by atoms with Crippen molar-refractivity contribution in [2.75, 3.05) is 6.54 Å². The molecule has 0 bridgehead atoms. The zero-order valence-corrected chi connectivity index (χ0v) is 10.9. The van der Waals surface area contributed by atoms with Crippen LogP contribution in [0.25, 0.3) is 0 Å². The predicted octanol–water partition coefficient (Wildman–Crippen LogP) is 4.35. The number of rotatable bonds is 6. The van der Waals surface area contributed by atoms with Gasteiger partial charge in [0.1, 0.15) is 0 Å². The lowest BCUT2D eigenvalue weighted by molar-refractivity contribution is 0.751. The van der Waals surface area contributed by atoms with Crippen molar-refractivity contribution in [1.29, 1.82) is 0 Å². The van der Waals surface area contributed by atoms with E-state index in [0.717, 1.165) is 5.57 Å². The first-order valence-corrected chi connectivity index (χ1v) is 5.75. The molecule has 0 aromatic rings. The van der Waals surface area contributed by atoms with Crippen LogP contribution < -0.4 is 0 Å². The lowest BCUT2D eigenvalue weighted by Crippen LogP contribution is -1.96. The highest BCUT2D eigenvalue weighted by Gasteiger charge is 1.96. The lowest BCUT2D eigenvalue weighted by atomic mass is 10.1. The molecule has 0 N–H and O–H groups in total. The first kappa shape index (κ1) is 14.6. The van der Waals surface area contributed by atoms with Gasteiger partial charge in [0.2, 0.25) is 0 Å². The van der Waals surface area contributed by atoms with E-state index in [1.807, 2.05) is 50.4 Å². The number of allylic oxidation sites excluding steroid dienone is 6. The standard InChI is InChI=1S/C15H23N/c1-6-8-10-15(9-7-2)12-16-11-14(5)13(3)4/h6-10,12-13H,5,11H2,1-4H3/b8-6-,9-7-,15-10+,16-12?. The molecular formula is C15H23N. The highest BCUT2D eigenvalue weighted by atomic mass is 14.7. The van der Waals surface area contributed by atoms with Gasteiger partial charge in [-0.2, -0.15) is 0 Å². The van der Waals surface area contributed by atoms with Crippen molar-refractivity contribution >= 4 is 6.21 Å². The molecule has 0 heterocycles. The van der Waals surface area contributed by atoms with Crippen LogP contribution >= 0.6 is 0 Å². The third kappa shape index (κ3) is 6.99. The van der Waals surface area contributed by atoms with Crippen LogP contribution in [0.4, 0.5) is 0 Å². The Hall–Kier alpha value is -1.37. The van der Waals surface area contributed by atoms with Gasteiger partial charge in [0, 0.05) is 6.21 Å². The molecule has 0 aliphatic carbocycles. The maximum Gasteiger partial charge on any atom is 0.0599 e. The third-order valence-electron chi connectivity index (χ3n) is 2.19. The Morgan fingerprint density at radius 2 is 1.94 bits per heavy atom. The van der Waals surface area contributed by atoms with E-state index in [0.29, 0.717) is 12.5 Å². The quantitative estimate of drug-likeness (QED) is 0.356. The Balaban J connectivity index is 4.41. The van der Waals surface area contributed by atoms with Crippen LogP contribution in [0.5, 0.6) is 0 Å². The largest absolute Gasteiger partial charge is 0.288 e. The van der Waals surface area contributed by atoms with E-state index < -0.39 is 0 Å². The molecule has 0 saturated heterocycles. The Bertz CT molecular complexity index is 314. The topological polar surface area (TPSA) is 12.4 Å². The van der Waals surface area contributed by atoms with E-state index in [1.54, 1.807) is 0 Å². The van der Waals surface area contributed by atoms with Crippen molar-refractivity contribution in [1.82, 2.24) is 0 Å². The molecule has 0 saturated carbocycles. The van der Waals surface area contributed by atoms with E-state index in [9.17, 15) is 0 Å². The van der Waals surface area contributed by atoms with Gasteiger partial charge in [-0.3, -0.25) is 4.99 Å². The Morgan fingerprint density at radius 1 is 1.25 bits per heavy atom. The number of aliphatic imine (C=N–C) groups is 1. The van der Waals surface area contributed by atoms with Crippen molar-refractivity contribution in [3.05, 3.63) is 48.1 Å².